The molecule has 112 valence electrons. The lowest BCUT2D eigenvalue weighted by atomic mass is 10.1. The lowest BCUT2D eigenvalue weighted by molar-refractivity contribution is 0.0827. The van der Waals surface area contributed by atoms with Gasteiger partial charge in [-0.05, 0) is 53.5 Å². The van der Waals surface area contributed by atoms with Gasteiger partial charge in [0, 0.05) is 40.1 Å². The van der Waals surface area contributed by atoms with Crippen LogP contribution in [0.3, 0.4) is 0 Å². The van der Waals surface area contributed by atoms with Gasteiger partial charge in [-0.2, -0.15) is 0 Å². The molecule has 0 bridgehead atoms. The second kappa shape index (κ2) is 6.62. The average molecular weight is 367 g/mol. The number of halogens is 1. The normalized spacial score (nSPS) is 12.0. The Morgan fingerprint density at radius 1 is 1.33 bits per heavy atom. The van der Waals surface area contributed by atoms with Gasteiger partial charge in [-0.15, -0.1) is 11.3 Å². The molecule has 1 aromatic heterocycles. The maximum Gasteiger partial charge on any atom is 0.253 e. The van der Waals surface area contributed by atoms with Crippen molar-refractivity contribution in [1.29, 1.82) is 0 Å². The number of amides is 1. The number of hydrogen-bond donors (Lipinski definition) is 1. The van der Waals surface area contributed by atoms with E-state index in [1.54, 1.807) is 30.3 Å². The minimum atomic E-state index is 0.0181. The van der Waals surface area contributed by atoms with Gasteiger partial charge in [-0.1, -0.05) is 6.07 Å². The third kappa shape index (κ3) is 3.86. The van der Waals surface area contributed by atoms with E-state index in [-0.39, 0.29) is 11.9 Å². The zero-order chi connectivity index (χ0) is 15.6. The summed E-state index contributed by atoms with van der Waals surface area (Å²) >= 11 is 5.19. The van der Waals surface area contributed by atoms with E-state index in [0.29, 0.717) is 5.56 Å². The predicted octanol–water partition coefficient (Wildman–Crippen LogP) is 4.69. The standard InChI is InChI=1S/C16H19BrN2OS/c1-10-5-6-12(16(20)19(3)4)7-14(10)18-11(2)15-8-13(17)9-21-15/h5-9,11,18H,1-4H3. The Kier molecular flexibility index (Phi) is 5.06. The molecule has 0 radical (unpaired) electrons. The van der Waals surface area contributed by atoms with Crippen molar-refractivity contribution in [3.8, 4) is 0 Å². The zero-order valence-electron chi connectivity index (χ0n) is 12.6. The monoisotopic (exact) mass is 366 g/mol. The quantitative estimate of drug-likeness (QED) is 0.850. The molecule has 0 saturated carbocycles. The largest absolute Gasteiger partial charge is 0.377 e. The highest BCUT2D eigenvalue weighted by Crippen LogP contribution is 2.29. The molecule has 21 heavy (non-hydrogen) atoms. The number of anilines is 1. The molecule has 0 fully saturated rings. The Morgan fingerprint density at radius 2 is 2.05 bits per heavy atom. The van der Waals surface area contributed by atoms with Crippen LogP contribution in [0.1, 0.15) is 33.8 Å². The van der Waals surface area contributed by atoms with E-state index in [9.17, 15) is 4.79 Å². The van der Waals surface area contributed by atoms with E-state index in [0.717, 1.165) is 15.7 Å². The lowest BCUT2D eigenvalue weighted by Crippen LogP contribution is -2.21. The van der Waals surface area contributed by atoms with Gasteiger partial charge < -0.3 is 10.2 Å². The summed E-state index contributed by atoms with van der Waals surface area (Å²) in [5.41, 5.74) is 2.83. The van der Waals surface area contributed by atoms with Gasteiger partial charge in [0.05, 0.1) is 6.04 Å². The first-order chi connectivity index (χ1) is 9.88. The van der Waals surface area contributed by atoms with Crippen LogP contribution in [0.2, 0.25) is 0 Å². The zero-order valence-corrected chi connectivity index (χ0v) is 15.0. The Balaban J connectivity index is 2.23. The highest BCUT2D eigenvalue weighted by atomic mass is 79.9. The van der Waals surface area contributed by atoms with E-state index in [1.807, 2.05) is 25.1 Å². The van der Waals surface area contributed by atoms with Gasteiger partial charge in [-0.25, -0.2) is 0 Å². The SMILES string of the molecule is Cc1ccc(C(=O)N(C)C)cc1NC(C)c1cc(Br)cs1. The van der Waals surface area contributed by atoms with Gasteiger partial charge in [0.15, 0.2) is 0 Å². The molecular weight excluding hydrogens is 348 g/mol. The van der Waals surface area contributed by atoms with Crippen molar-refractivity contribution in [2.75, 3.05) is 19.4 Å². The first-order valence-corrected chi connectivity index (χ1v) is 8.38. The first kappa shape index (κ1) is 16.0. The molecule has 0 saturated heterocycles. The fourth-order valence-electron chi connectivity index (χ4n) is 2.03. The molecule has 0 spiro atoms. The van der Waals surface area contributed by atoms with Crippen molar-refractivity contribution in [2.24, 2.45) is 0 Å². The summed E-state index contributed by atoms with van der Waals surface area (Å²) in [6.07, 6.45) is 0. The molecule has 2 rings (SSSR count). The van der Waals surface area contributed by atoms with Crippen LogP contribution in [-0.2, 0) is 0 Å². The van der Waals surface area contributed by atoms with Gasteiger partial charge >= 0.3 is 0 Å². The van der Waals surface area contributed by atoms with E-state index < -0.39 is 0 Å². The Hall–Kier alpha value is -1.33. The fourth-order valence-corrected chi connectivity index (χ4v) is 3.48. The number of carbonyl (C=O) groups excluding carboxylic acids is 1. The van der Waals surface area contributed by atoms with Crippen molar-refractivity contribution in [2.45, 2.75) is 19.9 Å². The van der Waals surface area contributed by atoms with Crippen LogP contribution >= 0.6 is 27.3 Å². The summed E-state index contributed by atoms with van der Waals surface area (Å²) in [4.78, 5) is 14.9. The smallest absolute Gasteiger partial charge is 0.253 e. The molecule has 2 aromatic rings. The molecular formula is C16H19BrN2OS. The van der Waals surface area contributed by atoms with E-state index in [1.165, 1.54) is 4.88 Å². The van der Waals surface area contributed by atoms with E-state index in [4.69, 9.17) is 0 Å². The summed E-state index contributed by atoms with van der Waals surface area (Å²) in [7, 11) is 3.53. The number of nitrogens with one attached hydrogen (secondary N) is 1. The van der Waals surface area contributed by atoms with Crippen LogP contribution in [0.25, 0.3) is 0 Å². The number of benzene rings is 1. The van der Waals surface area contributed by atoms with Crippen molar-refractivity contribution < 1.29 is 4.79 Å². The molecule has 1 N–H and O–H groups in total. The number of hydrogen-bond acceptors (Lipinski definition) is 3. The van der Waals surface area contributed by atoms with Crippen LogP contribution in [0.15, 0.2) is 34.1 Å². The number of rotatable bonds is 4. The Bertz CT molecular complexity index is 651. The summed E-state index contributed by atoms with van der Waals surface area (Å²) in [6, 6.07) is 8.10. The van der Waals surface area contributed by atoms with Gasteiger partial charge in [0.2, 0.25) is 0 Å². The number of aryl methyl sites for hydroxylation is 1. The minimum Gasteiger partial charge on any atom is -0.377 e. The maximum atomic E-state index is 12.1. The topological polar surface area (TPSA) is 32.3 Å². The molecule has 1 heterocycles. The molecule has 1 amide bonds. The molecule has 0 aliphatic rings. The van der Waals surface area contributed by atoms with E-state index >= 15 is 0 Å². The fraction of sp³-hybridized carbons (Fsp3) is 0.312. The van der Waals surface area contributed by atoms with Crippen LogP contribution in [0, 0.1) is 6.92 Å². The third-order valence-electron chi connectivity index (χ3n) is 3.28. The maximum absolute atomic E-state index is 12.1. The summed E-state index contributed by atoms with van der Waals surface area (Å²) in [6.45, 7) is 4.17. The number of thiophene rings is 1. The number of carbonyl (C=O) groups is 1. The molecule has 0 aliphatic heterocycles. The second-order valence-corrected chi connectivity index (χ2v) is 7.12. The lowest BCUT2D eigenvalue weighted by Gasteiger charge is -2.18. The summed E-state index contributed by atoms with van der Waals surface area (Å²) in [5, 5.41) is 5.57. The third-order valence-corrected chi connectivity index (χ3v) is 5.15. The van der Waals surface area contributed by atoms with Crippen LogP contribution in [-0.4, -0.2) is 24.9 Å². The molecule has 1 aromatic carbocycles. The van der Waals surface area contributed by atoms with Gasteiger partial charge in [0.1, 0.15) is 0 Å². The van der Waals surface area contributed by atoms with Crippen LogP contribution < -0.4 is 5.32 Å². The highest BCUT2D eigenvalue weighted by Gasteiger charge is 2.13. The second-order valence-electron chi connectivity index (χ2n) is 5.26. The van der Waals surface area contributed by atoms with E-state index in [2.05, 4.69) is 39.6 Å². The van der Waals surface area contributed by atoms with Crippen LogP contribution in [0.5, 0.6) is 0 Å². The van der Waals surface area contributed by atoms with Crippen molar-refractivity contribution >= 4 is 38.9 Å². The Morgan fingerprint density at radius 3 is 2.62 bits per heavy atom. The van der Waals surface area contributed by atoms with Gasteiger partial charge in [-0.3, -0.25) is 4.79 Å². The molecule has 0 aliphatic carbocycles. The summed E-state index contributed by atoms with van der Waals surface area (Å²) < 4.78 is 1.10. The van der Waals surface area contributed by atoms with Crippen molar-refractivity contribution in [1.82, 2.24) is 4.90 Å². The predicted molar refractivity (Wildman–Crippen MR) is 93.3 cm³/mol. The van der Waals surface area contributed by atoms with Crippen molar-refractivity contribution in [3.05, 3.63) is 50.1 Å². The molecule has 1 atom stereocenters. The van der Waals surface area contributed by atoms with Crippen LogP contribution in [0.4, 0.5) is 5.69 Å². The number of nitrogens with zero attached hydrogens (tertiary/aromatic N) is 1. The Labute approximate surface area is 138 Å². The summed E-state index contributed by atoms with van der Waals surface area (Å²) in [5.74, 6) is 0.0181. The average Bonchev–Trinajstić information content (AvgIpc) is 2.87. The molecule has 1 unspecified atom stereocenters. The minimum absolute atomic E-state index is 0.0181. The first-order valence-electron chi connectivity index (χ1n) is 6.71. The van der Waals surface area contributed by atoms with Crippen molar-refractivity contribution in [3.63, 3.8) is 0 Å². The molecule has 5 heteroatoms. The highest BCUT2D eigenvalue weighted by molar-refractivity contribution is 9.10. The van der Waals surface area contributed by atoms with Gasteiger partial charge in [0.25, 0.3) is 5.91 Å². The molecule has 3 nitrogen and oxygen atoms in total.